The number of nitrogens with zero attached hydrogens (tertiary/aromatic N) is 4. The van der Waals surface area contributed by atoms with E-state index in [2.05, 4.69) is 54.6 Å². The Morgan fingerprint density at radius 2 is 1.81 bits per heavy atom. The van der Waals surface area contributed by atoms with Crippen molar-refractivity contribution in [2.24, 2.45) is 12.0 Å². The van der Waals surface area contributed by atoms with Gasteiger partial charge >= 0.3 is 0 Å². The SMILES string of the molecule is CCNC(=NCC(c1cnn(C)c1)N(C)C)NC(C)c1ccc(OCC)c(OCC)c1.I. The summed E-state index contributed by atoms with van der Waals surface area (Å²) >= 11 is 0. The molecule has 9 heteroatoms. The first-order chi connectivity index (χ1) is 14.9. The van der Waals surface area contributed by atoms with Gasteiger partial charge in [-0.2, -0.15) is 5.10 Å². The monoisotopic (exact) mass is 558 g/mol. The molecule has 1 aromatic heterocycles. The van der Waals surface area contributed by atoms with Crippen LogP contribution in [-0.4, -0.2) is 61.0 Å². The lowest BCUT2D eigenvalue weighted by Gasteiger charge is -2.23. The van der Waals surface area contributed by atoms with Crippen LogP contribution in [-0.2, 0) is 7.05 Å². The van der Waals surface area contributed by atoms with Crippen LogP contribution in [0.3, 0.4) is 0 Å². The van der Waals surface area contributed by atoms with E-state index in [0.29, 0.717) is 19.8 Å². The summed E-state index contributed by atoms with van der Waals surface area (Å²) in [7, 11) is 6.05. The van der Waals surface area contributed by atoms with Crippen molar-refractivity contribution >= 4 is 29.9 Å². The van der Waals surface area contributed by atoms with Crippen molar-refractivity contribution in [3.63, 3.8) is 0 Å². The van der Waals surface area contributed by atoms with Crippen molar-refractivity contribution in [3.05, 3.63) is 41.7 Å². The Morgan fingerprint density at radius 3 is 2.38 bits per heavy atom. The van der Waals surface area contributed by atoms with Crippen LogP contribution in [0.2, 0.25) is 0 Å². The number of rotatable bonds is 11. The number of guanidine groups is 1. The van der Waals surface area contributed by atoms with Crippen molar-refractivity contribution in [1.82, 2.24) is 25.3 Å². The number of hydrogen-bond acceptors (Lipinski definition) is 5. The molecule has 0 spiro atoms. The predicted molar refractivity (Wildman–Crippen MR) is 141 cm³/mol. The zero-order valence-corrected chi connectivity index (χ0v) is 22.7. The summed E-state index contributed by atoms with van der Waals surface area (Å²) in [5.74, 6) is 2.31. The first-order valence-electron chi connectivity index (χ1n) is 11.0. The third kappa shape index (κ3) is 8.16. The molecule has 0 saturated carbocycles. The quantitative estimate of drug-likeness (QED) is 0.249. The summed E-state index contributed by atoms with van der Waals surface area (Å²) in [6.07, 6.45) is 3.94. The molecule has 180 valence electrons. The molecule has 0 saturated heterocycles. The van der Waals surface area contributed by atoms with Crippen LogP contribution in [0.5, 0.6) is 11.5 Å². The topological polar surface area (TPSA) is 75.9 Å². The van der Waals surface area contributed by atoms with Crippen LogP contribution < -0.4 is 20.1 Å². The minimum atomic E-state index is 0. The summed E-state index contributed by atoms with van der Waals surface area (Å²) < 4.78 is 13.3. The number of benzene rings is 1. The number of likely N-dealkylation sites (N-methyl/N-ethyl adjacent to an activating group) is 1. The predicted octanol–water partition coefficient (Wildman–Crippen LogP) is 3.75. The van der Waals surface area contributed by atoms with E-state index < -0.39 is 0 Å². The highest BCUT2D eigenvalue weighted by Gasteiger charge is 2.17. The number of aliphatic imine (C=N–C) groups is 1. The van der Waals surface area contributed by atoms with Crippen molar-refractivity contribution in [2.45, 2.75) is 39.8 Å². The Hall–Kier alpha value is -2.01. The Bertz CT molecular complexity index is 840. The highest BCUT2D eigenvalue weighted by molar-refractivity contribution is 14.0. The number of halogens is 1. The van der Waals surface area contributed by atoms with Crippen LogP contribution in [0.4, 0.5) is 0 Å². The first-order valence-corrected chi connectivity index (χ1v) is 11.0. The molecule has 0 radical (unpaired) electrons. The number of aromatic nitrogens is 2. The number of nitrogens with one attached hydrogen (secondary N) is 2. The Morgan fingerprint density at radius 1 is 1.12 bits per heavy atom. The van der Waals surface area contributed by atoms with Crippen LogP contribution in [0.15, 0.2) is 35.6 Å². The Labute approximate surface area is 209 Å². The highest BCUT2D eigenvalue weighted by Crippen LogP contribution is 2.30. The van der Waals surface area contributed by atoms with E-state index in [-0.39, 0.29) is 36.1 Å². The van der Waals surface area contributed by atoms with Gasteiger partial charge in [0.2, 0.25) is 0 Å². The molecule has 2 atom stereocenters. The fraction of sp³-hybridized carbons (Fsp3) is 0.565. The number of ether oxygens (including phenoxy) is 2. The second kappa shape index (κ2) is 14.2. The maximum atomic E-state index is 5.78. The lowest BCUT2D eigenvalue weighted by molar-refractivity contribution is 0.287. The minimum Gasteiger partial charge on any atom is -0.490 e. The fourth-order valence-electron chi connectivity index (χ4n) is 3.30. The normalized spacial score (nSPS) is 13.3. The number of aryl methyl sites for hydroxylation is 1. The summed E-state index contributed by atoms with van der Waals surface area (Å²) in [6, 6.07) is 6.26. The second-order valence-electron chi connectivity index (χ2n) is 7.58. The minimum absolute atomic E-state index is 0. The molecule has 8 nitrogen and oxygen atoms in total. The van der Waals surface area contributed by atoms with Crippen molar-refractivity contribution < 1.29 is 9.47 Å². The van der Waals surface area contributed by atoms with Gasteiger partial charge in [0, 0.05) is 25.4 Å². The molecule has 1 aromatic carbocycles. The van der Waals surface area contributed by atoms with Gasteiger partial charge in [-0.05, 0) is 59.5 Å². The molecular weight excluding hydrogens is 519 g/mol. The molecule has 32 heavy (non-hydrogen) atoms. The van der Waals surface area contributed by atoms with Crippen molar-refractivity contribution in [2.75, 3.05) is 40.4 Å². The summed E-state index contributed by atoms with van der Waals surface area (Å²) in [5.41, 5.74) is 2.25. The van der Waals surface area contributed by atoms with E-state index in [1.165, 1.54) is 0 Å². The Kier molecular flexibility index (Phi) is 12.4. The molecule has 0 bridgehead atoms. The van der Waals surface area contributed by atoms with Gasteiger partial charge in [0.15, 0.2) is 17.5 Å². The lowest BCUT2D eigenvalue weighted by atomic mass is 10.1. The van der Waals surface area contributed by atoms with E-state index in [0.717, 1.165) is 35.1 Å². The molecule has 2 aromatic rings. The molecule has 0 aliphatic heterocycles. The largest absolute Gasteiger partial charge is 0.490 e. The van der Waals surface area contributed by atoms with Gasteiger partial charge in [0.05, 0.1) is 38.0 Å². The van der Waals surface area contributed by atoms with Gasteiger partial charge < -0.3 is 25.0 Å². The molecule has 0 amide bonds. The summed E-state index contributed by atoms with van der Waals surface area (Å²) in [6.45, 7) is 10.7. The molecule has 0 fully saturated rings. The van der Waals surface area contributed by atoms with E-state index in [1.54, 1.807) is 0 Å². The van der Waals surface area contributed by atoms with Crippen LogP contribution in [0.1, 0.15) is 50.9 Å². The average Bonchev–Trinajstić information content (AvgIpc) is 3.15. The van der Waals surface area contributed by atoms with Crippen LogP contribution >= 0.6 is 24.0 Å². The van der Waals surface area contributed by atoms with E-state index in [4.69, 9.17) is 14.5 Å². The zero-order valence-electron chi connectivity index (χ0n) is 20.4. The van der Waals surface area contributed by atoms with E-state index in [9.17, 15) is 0 Å². The van der Waals surface area contributed by atoms with Crippen molar-refractivity contribution in [1.29, 1.82) is 0 Å². The first kappa shape index (κ1) is 28.0. The molecule has 0 aliphatic rings. The van der Waals surface area contributed by atoms with E-state index in [1.807, 2.05) is 50.1 Å². The Balaban J connectivity index is 0.00000512. The maximum Gasteiger partial charge on any atom is 0.191 e. The van der Waals surface area contributed by atoms with Crippen LogP contribution in [0.25, 0.3) is 0 Å². The van der Waals surface area contributed by atoms with Crippen LogP contribution in [0, 0.1) is 0 Å². The van der Waals surface area contributed by atoms with Gasteiger partial charge in [-0.1, -0.05) is 6.07 Å². The van der Waals surface area contributed by atoms with E-state index >= 15 is 0 Å². The van der Waals surface area contributed by atoms with Gasteiger partial charge in [-0.15, -0.1) is 24.0 Å². The molecule has 2 unspecified atom stereocenters. The molecule has 0 aliphatic carbocycles. The average molecular weight is 559 g/mol. The van der Waals surface area contributed by atoms with Crippen molar-refractivity contribution in [3.8, 4) is 11.5 Å². The summed E-state index contributed by atoms with van der Waals surface area (Å²) in [4.78, 5) is 7.01. The fourth-order valence-corrected chi connectivity index (χ4v) is 3.30. The summed E-state index contributed by atoms with van der Waals surface area (Å²) in [5, 5.41) is 11.2. The molecule has 2 rings (SSSR count). The standard InChI is InChI=1S/C23H38N6O2.HI/c1-8-24-23(25-15-20(28(5)6)19-14-26-29(7)16-19)27-17(4)18-11-12-21(30-9-2)22(13-18)31-10-3;/h11-14,16-17,20H,8-10,15H2,1-7H3,(H2,24,25,27);1H. The van der Waals surface area contributed by atoms with Gasteiger partial charge in [0.25, 0.3) is 0 Å². The molecule has 1 heterocycles. The third-order valence-electron chi connectivity index (χ3n) is 4.92. The maximum absolute atomic E-state index is 5.78. The highest BCUT2D eigenvalue weighted by atomic mass is 127. The lowest BCUT2D eigenvalue weighted by Crippen LogP contribution is -2.39. The second-order valence-corrected chi connectivity index (χ2v) is 7.58. The smallest absolute Gasteiger partial charge is 0.191 e. The molecular formula is C23H39IN6O2. The molecule has 2 N–H and O–H groups in total. The third-order valence-corrected chi connectivity index (χ3v) is 4.92. The van der Waals surface area contributed by atoms with Gasteiger partial charge in [0.1, 0.15) is 0 Å². The zero-order chi connectivity index (χ0) is 22.8. The number of hydrogen-bond donors (Lipinski definition) is 2. The van der Waals surface area contributed by atoms with Gasteiger partial charge in [-0.25, -0.2) is 0 Å². The van der Waals surface area contributed by atoms with Gasteiger partial charge in [-0.3, -0.25) is 9.67 Å².